The number of phenolic OH excluding ortho intramolecular Hbond substituents is 1. The number of para-hydroxylation sites is 1. The van der Waals surface area contributed by atoms with E-state index in [-0.39, 0.29) is 22.5 Å². The second-order valence-corrected chi connectivity index (χ2v) is 7.69. The highest BCUT2D eigenvalue weighted by molar-refractivity contribution is 7.80. The molecular formula is C24H17N3O4S. The largest absolute Gasteiger partial charge is 0.507 e. The van der Waals surface area contributed by atoms with E-state index in [1.165, 1.54) is 6.07 Å². The van der Waals surface area contributed by atoms with Crippen LogP contribution in [0.25, 0.3) is 33.5 Å². The first-order valence-electron chi connectivity index (χ1n) is 9.78. The maximum Gasteiger partial charge on any atom is 0.293 e. The number of carbonyl (C=O) groups excluding carboxylic acids is 1. The summed E-state index contributed by atoms with van der Waals surface area (Å²) in [7, 11) is 0. The van der Waals surface area contributed by atoms with E-state index < -0.39 is 5.91 Å². The predicted molar refractivity (Wildman–Crippen MR) is 126 cm³/mol. The molecule has 0 atom stereocenters. The van der Waals surface area contributed by atoms with Gasteiger partial charge in [0.2, 0.25) is 5.89 Å². The average molecular weight is 443 g/mol. The Kier molecular flexibility index (Phi) is 4.84. The number of hydrogen-bond donors (Lipinski definition) is 3. The standard InChI is InChI=1S/C24H17N3O4S/c1-13-6-8-17-20(10-13)31-23(26-17)16-12-15(7-9-18(16)28)25-24(32)27-22(29)21-11-14-4-2-3-5-19(14)30-21/h2-12,28H,1H3,(H2,25,27,29,32). The first-order valence-corrected chi connectivity index (χ1v) is 10.2. The van der Waals surface area contributed by atoms with E-state index in [2.05, 4.69) is 15.6 Å². The van der Waals surface area contributed by atoms with E-state index in [0.717, 1.165) is 10.9 Å². The van der Waals surface area contributed by atoms with Crippen LogP contribution in [0.5, 0.6) is 5.75 Å². The zero-order valence-electron chi connectivity index (χ0n) is 16.9. The second kappa shape index (κ2) is 7.82. The van der Waals surface area contributed by atoms with Crippen molar-refractivity contribution in [1.82, 2.24) is 10.3 Å². The van der Waals surface area contributed by atoms with Crippen LogP contribution >= 0.6 is 12.2 Å². The molecule has 0 bridgehead atoms. The van der Waals surface area contributed by atoms with E-state index in [4.69, 9.17) is 21.1 Å². The molecule has 2 aromatic heterocycles. The number of aryl methyl sites for hydroxylation is 1. The summed E-state index contributed by atoms with van der Waals surface area (Å²) >= 11 is 5.27. The normalized spacial score (nSPS) is 11.0. The van der Waals surface area contributed by atoms with Crippen LogP contribution in [-0.2, 0) is 0 Å². The minimum atomic E-state index is -0.466. The molecule has 1 amide bonds. The topological polar surface area (TPSA) is 101 Å². The number of anilines is 1. The SMILES string of the molecule is Cc1ccc2nc(-c3cc(NC(=S)NC(=O)c4cc5ccccc5o4)ccc3O)oc2c1. The summed E-state index contributed by atoms with van der Waals surface area (Å²) in [6, 6.07) is 19.5. The molecule has 5 aromatic rings. The van der Waals surface area contributed by atoms with Crippen LogP contribution in [0.2, 0.25) is 0 Å². The molecule has 5 rings (SSSR count). The molecule has 0 saturated heterocycles. The molecule has 0 radical (unpaired) electrons. The first-order chi connectivity index (χ1) is 15.5. The van der Waals surface area contributed by atoms with Gasteiger partial charge < -0.3 is 19.3 Å². The third-order valence-corrected chi connectivity index (χ3v) is 5.11. The fourth-order valence-electron chi connectivity index (χ4n) is 3.35. The van der Waals surface area contributed by atoms with Crippen molar-refractivity contribution in [3.05, 3.63) is 78.1 Å². The number of benzene rings is 3. The van der Waals surface area contributed by atoms with Gasteiger partial charge in [0.25, 0.3) is 5.91 Å². The monoisotopic (exact) mass is 443 g/mol. The van der Waals surface area contributed by atoms with Crippen LogP contribution in [0.1, 0.15) is 16.1 Å². The Balaban J connectivity index is 1.34. The summed E-state index contributed by atoms with van der Waals surface area (Å²) in [5.74, 6) is -0.0180. The summed E-state index contributed by atoms with van der Waals surface area (Å²) in [6.07, 6.45) is 0. The second-order valence-electron chi connectivity index (χ2n) is 7.28. The zero-order chi connectivity index (χ0) is 22.2. The number of hydrogen-bond acceptors (Lipinski definition) is 6. The van der Waals surface area contributed by atoms with Gasteiger partial charge >= 0.3 is 0 Å². The molecular weight excluding hydrogens is 426 g/mol. The Morgan fingerprint density at radius 1 is 1.00 bits per heavy atom. The fourth-order valence-corrected chi connectivity index (χ4v) is 3.56. The van der Waals surface area contributed by atoms with Crippen LogP contribution in [0.4, 0.5) is 5.69 Å². The summed E-state index contributed by atoms with van der Waals surface area (Å²) < 4.78 is 11.4. The smallest absolute Gasteiger partial charge is 0.293 e. The van der Waals surface area contributed by atoms with Crippen LogP contribution in [-0.4, -0.2) is 21.1 Å². The van der Waals surface area contributed by atoms with Crippen molar-refractivity contribution in [2.75, 3.05) is 5.32 Å². The number of aromatic hydroxyl groups is 1. The maximum atomic E-state index is 12.5. The van der Waals surface area contributed by atoms with Crippen molar-refractivity contribution in [2.24, 2.45) is 0 Å². The molecule has 7 nitrogen and oxygen atoms in total. The number of phenols is 1. The van der Waals surface area contributed by atoms with Crippen molar-refractivity contribution >= 4 is 51.0 Å². The minimum Gasteiger partial charge on any atom is -0.507 e. The van der Waals surface area contributed by atoms with Gasteiger partial charge in [0.15, 0.2) is 16.5 Å². The van der Waals surface area contributed by atoms with E-state index in [1.54, 1.807) is 24.3 Å². The molecule has 0 aliphatic heterocycles. The van der Waals surface area contributed by atoms with Crippen LogP contribution in [0.3, 0.4) is 0 Å². The highest BCUT2D eigenvalue weighted by Crippen LogP contribution is 2.33. The molecule has 0 aliphatic rings. The highest BCUT2D eigenvalue weighted by atomic mass is 32.1. The van der Waals surface area contributed by atoms with E-state index >= 15 is 0 Å². The number of thiocarbonyl (C=S) groups is 1. The van der Waals surface area contributed by atoms with Crippen molar-refractivity contribution in [3.8, 4) is 17.2 Å². The summed E-state index contributed by atoms with van der Waals surface area (Å²) in [4.78, 5) is 16.9. The molecule has 3 aromatic carbocycles. The Morgan fingerprint density at radius 3 is 2.69 bits per heavy atom. The highest BCUT2D eigenvalue weighted by Gasteiger charge is 2.16. The molecule has 32 heavy (non-hydrogen) atoms. The molecule has 158 valence electrons. The summed E-state index contributed by atoms with van der Waals surface area (Å²) in [5, 5.41) is 16.8. The lowest BCUT2D eigenvalue weighted by atomic mass is 10.1. The van der Waals surface area contributed by atoms with Crippen LogP contribution < -0.4 is 10.6 Å². The number of nitrogens with one attached hydrogen (secondary N) is 2. The average Bonchev–Trinajstić information content (AvgIpc) is 3.38. The van der Waals surface area contributed by atoms with Gasteiger partial charge in [-0.15, -0.1) is 0 Å². The molecule has 0 fully saturated rings. The predicted octanol–water partition coefficient (Wildman–Crippen LogP) is 5.38. The lowest BCUT2D eigenvalue weighted by molar-refractivity contribution is 0.0953. The first kappa shape index (κ1) is 19.8. The molecule has 0 aliphatic carbocycles. The Morgan fingerprint density at radius 2 is 1.84 bits per heavy atom. The number of amides is 1. The van der Waals surface area contributed by atoms with Gasteiger partial charge in [-0.25, -0.2) is 4.98 Å². The molecule has 3 N–H and O–H groups in total. The summed E-state index contributed by atoms with van der Waals surface area (Å²) in [5.41, 5.74) is 3.93. The quantitative estimate of drug-likeness (QED) is 0.254. The maximum absolute atomic E-state index is 12.5. The fraction of sp³-hybridized carbons (Fsp3) is 0.0417. The molecule has 8 heteroatoms. The molecule has 0 saturated carbocycles. The number of carbonyl (C=O) groups is 1. The van der Waals surface area contributed by atoms with Crippen LogP contribution in [0, 0.1) is 6.92 Å². The van der Waals surface area contributed by atoms with E-state index in [9.17, 15) is 9.90 Å². The number of nitrogens with zero attached hydrogens (tertiary/aromatic N) is 1. The molecule has 0 unspecified atom stereocenters. The van der Waals surface area contributed by atoms with Gasteiger partial charge in [-0.3, -0.25) is 10.1 Å². The Bertz CT molecular complexity index is 1470. The molecule has 0 spiro atoms. The van der Waals surface area contributed by atoms with Crippen molar-refractivity contribution in [3.63, 3.8) is 0 Å². The van der Waals surface area contributed by atoms with E-state index in [0.29, 0.717) is 27.9 Å². The number of oxazole rings is 1. The Labute approximate surface area is 187 Å². The van der Waals surface area contributed by atoms with E-state index in [1.807, 2.05) is 43.3 Å². The molecule has 2 heterocycles. The van der Waals surface area contributed by atoms with Gasteiger partial charge in [-0.05, 0) is 67.2 Å². The zero-order valence-corrected chi connectivity index (χ0v) is 17.7. The van der Waals surface area contributed by atoms with Crippen molar-refractivity contribution in [2.45, 2.75) is 6.92 Å². The van der Waals surface area contributed by atoms with Crippen LogP contribution in [0.15, 0.2) is 75.6 Å². The lowest BCUT2D eigenvalue weighted by Crippen LogP contribution is -2.33. The van der Waals surface area contributed by atoms with Gasteiger partial charge in [-0.1, -0.05) is 24.3 Å². The lowest BCUT2D eigenvalue weighted by Gasteiger charge is -2.10. The summed E-state index contributed by atoms with van der Waals surface area (Å²) in [6.45, 7) is 1.96. The van der Waals surface area contributed by atoms with Crippen molar-refractivity contribution < 1.29 is 18.7 Å². The number of rotatable bonds is 3. The number of aromatic nitrogens is 1. The van der Waals surface area contributed by atoms with Crippen molar-refractivity contribution in [1.29, 1.82) is 0 Å². The Hall–Kier alpha value is -4.17. The van der Waals surface area contributed by atoms with Gasteiger partial charge in [-0.2, -0.15) is 0 Å². The van der Waals surface area contributed by atoms with Gasteiger partial charge in [0.05, 0.1) is 5.56 Å². The third-order valence-electron chi connectivity index (χ3n) is 4.91. The van der Waals surface area contributed by atoms with Gasteiger partial charge in [0, 0.05) is 11.1 Å². The number of fused-ring (bicyclic) bond motifs is 2. The third kappa shape index (κ3) is 3.79. The van der Waals surface area contributed by atoms with Gasteiger partial charge in [0.1, 0.15) is 16.8 Å². The minimum absolute atomic E-state index is 0.0102. The number of furan rings is 1.